The molecule has 0 aliphatic rings. The van der Waals surface area contributed by atoms with Crippen LogP contribution in [0, 0.1) is 9.81 Å². The smallest absolute Gasteiger partial charge is 0.320 e. The fourth-order valence-corrected chi connectivity index (χ4v) is 3.05. The van der Waals surface area contributed by atoms with Crippen molar-refractivity contribution in [1.82, 2.24) is 0 Å². The lowest BCUT2D eigenvalue weighted by molar-refractivity contribution is 0.0997. The number of unbranched alkanes of at least 4 members (excludes halogenated alkanes) is 2. The summed E-state index contributed by atoms with van der Waals surface area (Å²) in [6, 6.07) is 1.50. The molecule has 0 saturated carbocycles. The molecule has 0 spiro atoms. The van der Waals surface area contributed by atoms with Crippen LogP contribution in [0.15, 0.2) is 39.7 Å². The first-order chi connectivity index (χ1) is 13.3. The third kappa shape index (κ3) is 6.83. The monoisotopic (exact) mass is 386 g/mol. The molecule has 28 heavy (non-hydrogen) atoms. The van der Waals surface area contributed by atoms with E-state index in [-0.39, 0.29) is 29.0 Å². The van der Waals surface area contributed by atoms with E-state index in [0.717, 1.165) is 37.7 Å². The lowest BCUT2D eigenvalue weighted by Gasteiger charge is -2.13. The van der Waals surface area contributed by atoms with Gasteiger partial charge in [-0.3, -0.25) is 4.79 Å². The zero-order valence-electron chi connectivity index (χ0n) is 17.2. The first-order valence-corrected chi connectivity index (χ1v) is 9.73. The van der Waals surface area contributed by atoms with Crippen molar-refractivity contribution in [3.8, 4) is 5.75 Å². The number of allylic oxidation sites excluding steroid dienone is 4. The molecule has 0 aliphatic heterocycles. The third-order valence-corrected chi connectivity index (χ3v) is 4.65. The molecule has 1 amide bonds. The minimum atomic E-state index is -1.02. The Labute approximate surface area is 166 Å². The number of aryl methyl sites for hydroxylation is 1. The van der Waals surface area contributed by atoms with E-state index in [1.54, 1.807) is 0 Å². The number of aromatic hydroxyl groups is 1. The Balaban J connectivity index is 3.23. The number of hydrogen-bond acceptors (Lipinski definition) is 5. The minimum Gasteiger partial charge on any atom is -0.507 e. The van der Waals surface area contributed by atoms with Crippen molar-refractivity contribution in [3.63, 3.8) is 0 Å². The third-order valence-electron chi connectivity index (χ3n) is 4.65. The number of nitroso groups, excluding NO2 is 2. The molecule has 0 aliphatic carbocycles. The van der Waals surface area contributed by atoms with Crippen LogP contribution in [0.5, 0.6) is 5.75 Å². The molecular weight excluding hydrogens is 356 g/mol. The van der Waals surface area contributed by atoms with E-state index in [2.05, 4.69) is 16.4 Å². The summed E-state index contributed by atoms with van der Waals surface area (Å²) in [5, 5.41) is 16.2. The van der Waals surface area contributed by atoms with Gasteiger partial charge in [-0.05, 0) is 69.7 Å². The van der Waals surface area contributed by atoms with Gasteiger partial charge in [-0.25, -0.2) is 0 Å². The first-order valence-electron chi connectivity index (χ1n) is 9.73. The van der Waals surface area contributed by atoms with E-state index in [1.165, 1.54) is 11.6 Å². The molecule has 6 nitrogen and oxygen atoms in total. The molecule has 0 unspecified atom stereocenters. The maximum Gasteiger partial charge on any atom is 0.320 e. The van der Waals surface area contributed by atoms with Crippen molar-refractivity contribution >= 4 is 11.6 Å². The summed E-state index contributed by atoms with van der Waals surface area (Å²) in [5.41, 5.74) is 3.04. The molecule has 1 N–H and O–H groups in total. The second-order valence-corrected chi connectivity index (χ2v) is 7.28. The first kappa shape index (κ1) is 23.4. The quantitative estimate of drug-likeness (QED) is 0.261. The van der Waals surface area contributed by atoms with Crippen LogP contribution in [0.1, 0.15) is 81.3 Å². The Morgan fingerprint density at radius 3 is 2.43 bits per heavy atom. The summed E-state index contributed by atoms with van der Waals surface area (Å²) >= 11 is 0. The van der Waals surface area contributed by atoms with Crippen LogP contribution in [0.4, 0.5) is 5.69 Å². The zero-order valence-corrected chi connectivity index (χ0v) is 17.2. The highest BCUT2D eigenvalue weighted by Gasteiger charge is 2.23. The summed E-state index contributed by atoms with van der Waals surface area (Å²) in [6.45, 7) is 8.11. The largest absolute Gasteiger partial charge is 0.507 e. The lowest BCUT2D eigenvalue weighted by Crippen LogP contribution is -2.04. The van der Waals surface area contributed by atoms with Gasteiger partial charge < -0.3 is 5.11 Å². The molecule has 0 heterocycles. The molecule has 0 bridgehead atoms. The predicted octanol–water partition coefficient (Wildman–Crippen LogP) is 6.66. The maximum atomic E-state index is 12.0. The number of carbonyl (C=O) groups is 1. The number of phenols is 1. The molecule has 1 aromatic carbocycles. The van der Waals surface area contributed by atoms with Crippen LogP contribution in [0.3, 0.4) is 0 Å². The van der Waals surface area contributed by atoms with Gasteiger partial charge in [-0.15, -0.1) is 9.81 Å². The van der Waals surface area contributed by atoms with E-state index in [0.29, 0.717) is 12.0 Å². The minimum absolute atomic E-state index is 0.0970. The van der Waals surface area contributed by atoms with E-state index in [1.807, 2.05) is 33.8 Å². The van der Waals surface area contributed by atoms with E-state index >= 15 is 0 Å². The normalized spacial score (nSPS) is 11.2. The topological polar surface area (TPSA) is 96.2 Å². The summed E-state index contributed by atoms with van der Waals surface area (Å²) in [7, 11) is 0. The number of rotatable bonds is 11. The highest BCUT2D eigenvalue weighted by molar-refractivity contribution is 6.00. The Hall–Kier alpha value is -2.63. The van der Waals surface area contributed by atoms with Crippen molar-refractivity contribution in [2.75, 3.05) is 0 Å². The Morgan fingerprint density at radius 2 is 1.86 bits per heavy atom. The van der Waals surface area contributed by atoms with Gasteiger partial charge in [0.25, 0.3) is 0 Å². The van der Waals surface area contributed by atoms with E-state index < -0.39 is 5.91 Å². The SMILES string of the molecule is CCCCCc1cc(N=O)c(C/C=C(\C)CCC=C(C)C)c(O)c1C(=O)N=O. The van der Waals surface area contributed by atoms with Crippen molar-refractivity contribution in [3.05, 3.63) is 55.9 Å². The van der Waals surface area contributed by atoms with Crippen LogP contribution in [0.25, 0.3) is 0 Å². The molecule has 0 aromatic heterocycles. The number of benzene rings is 1. The molecule has 0 radical (unpaired) electrons. The average Bonchev–Trinajstić information content (AvgIpc) is 2.66. The van der Waals surface area contributed by atoms with E-state index in [9.17, 15) is 19.7 Å². The second-order valence-electron chi connectivity index (χ2n) is 7.28. The van der Waals surface area contributed by atoms with Gasteiger partial charge in [0.2, 0.25) is 0 Å². The Morgan fingerprint density at radius 1 is 1.14 bits per heavy atom. The number of amides is 1. The van der Waals surface area contributed by atoms with Crippen LogP contribution in [-0.2, 0) is 12.8 Å². The number of nitrogens with zero attached hydrogens (tertiary/aromatic N) is 2. The van der Waals surface area contributed by atoms with Gasteiger partial charge >= 0.3 is 5.91 Å². The van der Waals surface area contributed by atoms with Crippen LogP contribution in [-0.4, -0.2) is 11.0 Å². The summed E-state index contributed by atoms with van der Waals surface area (Å²) in [4.78, 5) is 34.2. The average molecular weight is 386 g/mol. The Bertz CT molecular complexity index is 775. The van der Waals surface area contributed by atoms with E-state index in [4.69, 9.17) is 0 Å². The van der Waals surface area contributed by atoms with Crippen molar-refractivity contribution in [2.24, 2.45) is 10.4 Å². The fraction of sp³-hybridized carbons (Fsp3) is 0.500. The molecule has 0 saturated heterocycles. The molecule has 1 aromatic rings. The highest BCUT2D eigenvalue weighted by Crippen LogP contribution is 2.36. The molecule has 0 atom stereocenters. The van der Waals surface area contributed by atoms with Crippen LogP contribution >= 0.6 is 0 Å². The van der Waals surface area contributed by atoms with Gasteiger partial charge in [0.15, 0.2) is 0 Å². The number of hydrogen-bond donors (Lipinski definition) is 1. The van der Waals surface area contributed by atoms with Gasteiger partial charge in [0, 0.05) is 10.7 Å². The number of phenolic OH excluding ortho intramolecular Hbond substituents is 1. The predicted molar refractivity (Wildman–Crippen MR) is 113 cm³/mol. The fourth-order valence-electron chi connectivity index (χ4n) is 3.05. The second kappa shape index (κ2) is 12.0. The number of carbonyl (C=O) groups excluding carboxylic acids is 1. The maximum absolute atomic E-state index is 12.0. The molecule has 6 heteroatoms. The van der Waals surface area contributed by atoms with Crippen LogP contribution < -0.4 is 0 Å². The van der Waals surface area contributed by atoms with Gasteiger partial charge in [0.05, 0.1) is 5.56 Å². The summed E-state index contributed by atoms with van der Waals surface area (Å²) in [6.07, 6.45) is 9.22. The van der Waals surface area contributed by atoms with Crippen LogP contribution in [0.2, 0.25) is 0 Å². The standard InChI is InChI=1S/C22H30N2O4/c1-5-6-7-11-17-14-19(23-27)18(21(25)20(17)22(26)24-28)13-12-16(4)10-8-9-15(2)3/h9,12,14,25H,5-8,10-11,13H2,1-4H3/b16-12+. The van der Waals surface area contributed by atoms with Gasteiger partial charge in [0.1, 0.15) is 11.4 Å². The lowest BCUT2D eigenvalue weighted by atomic mass is 9.94. The summed E-state index contributed by atoms with van der Waals surface area (Å²) < 4.78 is 0. The summed E-state index contributed by atoms with van der Waals surface area (Å²) in [5.74, 6) is -1.38. The zero-order chi connectivity index (χ0) is 21.1. The molecule has 0 fully saturated rings. The molecular formula is C22H30N2O4. The Kier molecular flexibility index (Phi) is 9.99. The van der Waals surface area contributed by atoms with Gasteiger partial charge in [-0.1, -0.05) is 43.1 Å². The van der Waals surface area contributed by atoms with Crippen molar-refractivity contribution < 1.29 is 9.90 Å². The van der Waals surface area contributed by atoms with Crippen molar-refractivity contribution in [1.29, 1.82) is 0 Å². The highest BCUT2D eigenvalue weighted by atomic mass is 16.3. The van der Waals surface area contributed by atoms with Crippen molar-refractivity contribution in [2.45, 2.75) is 72.6 Å². The molecule has 1 rings (SSSR count). The molecule has 152 valence electrons. The van der Waals surface area contributed by atoms with Gasteiger partial charge in [-0.2, -0.15) is 0 Å².